The molecular weight excluding hydrogens is 445 g/mol. The highest BCUT2D eigenvalue weighted by Crippen LogP contribution is 2.29. The fourth-order valence-corrected chi connectivity index (χ4v) is 3.63. The van der Waals surface area contributed by atoms with E-state index in [4.69, 9.17) is 0 Å². The maximum atomic E-state index is 12.6. The third-order valence-electron chi connectivity index (χ3n) is 3.72. The van der Waals surface area contributed by atoms with Gasteiger partial charge in [0, 0.05) is 21.6 Å². The van der Waals surface area contributed by atoms with E-state index in [0.29, 0.717) is 5.56 Å². The van der Waals surface area contributed by atoms with Gasteiger partial charge in [0.25, 0.3) is 5.91 Å². The molecule has 0 spiro atoms. The standard InChI is InChI=1S/C17H18BrN3OS.2ClH/c18-12-5-6-16(20-11-12)23-15-4-2-1-3-14(15)17(22)21-13-7-9-19-10-8-13;;/h1-6,11,13,19H,7-10H2,(H,21,22);2*1H. The third-order valence-corrected chi connectivity index (χ3v) is 5.22. The summed E-state index contributed by atoms with van der Waals surface area (Å²) >= 11 is 4.89. The smallest absolute Gasteiger partial charge is 0.252 e. The lowest BCUT2D eigenvalue weighted by molar-refractivity contribution is 0.0926. The highest BCUT2D eigenvalue weighted by atomic mass is 79.9. The van der Waals surface area contributed by atoms with Crippen LogP contribution < -0.4 is 10.6 Å². The van der Waals surface area contributed by atoms with E-state index in [-0.39, 0.29) is 36.8 Å². The van der Waals surface area contributed by atoms with E-state index in [0.717, 1.165) is 40.3 Å². The molecule has 1 amide bonds. The maximum Gasteiger partial charge on any atom is 0.252 e. The van der Waals surface area contributed by atoms with Crippen LogP contribution in [0.15, 0.2) is 57.0 Å². The summed E-state index contributed by atoms with van der Waals surface area (Å²) in [6.45, 7) is 1.92. The van der Waals surface area contributed by atoms with Crippen LogP contribution in [-0.4, -0.2) is 30.0 Å². The van der Waals surface area contributed by atoms with Gasteiger partial charge in [-0.05, 0) is 66.1 Å². The van der Waals surface area contributed by atoms with E-state index in [9.17, 15) is 4.79 Å². The molecule has 3 rings (SSSR count). The van der Waals surface area contributed by atoms with Crippen LogP contribution in [0.3, 0.4) is 0 Å². The third kappa shape index (κ3) is 6.46. The lowest BCUT2D eigenvalue weighted by Crippen LogP contribution is -2.42. The Morgan fingerprint density at radius 1 is 1.16 bits per heavy atom. The van der Waals surface area contributed by atoms with Crippen LogP contribution >= 0.6 is 52.5 Å². The number of benzene rings is 1. The second-order valence-electron chi connectivity index (χ2n) is 5.41. The fraction of sp³-hybridized carbons (Fsp3) is 0.294. The predicted octanol–water partition coefficient (Wildman–Crippen LogP) is 4.32. The summed E-state index contributed by atoms with van der Waals surface area (Å²) in [6.07, 6.45) is 3.73. The summed E-state index contributed by atoms with van der Waals surface area (Å²) in [5.41, 5.74) is 0.709. The van der Waals surface area contributed by atoms with Crippen LogP contribution in [0.2, 0.25) is 0 Å². The largest absolute Gasteiger partial charge is 0.349 e. The molecule has 1 aromatic heterocycles. The molecule has 0 saturated carbocycles. The van der Waals surface area contributed by atoms with Gasteiger partial charge in [0.05, 0.1) is 5.56 Å². The van der Waals surface area contributed by atoms with Gasteiger partial charge in [-0.2, -0.15) is 0 Å². The molecule has 25 heavy (non-hydrogen) atoms. The minimum atomic E-state index is -0.00267. The van der Waals surface area contributed by atoms with Crippen molar-refractivity contribution < 1.29 is 4.79 Å². The fourth-order valence-electron chi connectivity index (χ4n) is 2.51. The van der Waals surface area contributed by atoms with Crippen LogP contribution in [0, 0.1) is 0 Å². The molecule has 0 radical (unpaired) electrons. The first-order chi connectivity index (χ1) is 11.2. The van der Waals surface area contributed by atoms with Crippen molar-refractivity contribution in [2.75, 3.05) is 13.1 Å². The molecule has 1 saturated heterocycles. The molecule has 8 heteroatoms. The van der Waals surface area contributed by atoms with Gasteiger partial charge in [-0.1, -0.05) is 23.9 Å². The Morgan fingerprint density at radius 3 is 2.56 bits per heavy atom. The molecular formula is C17H20BrCl2N3OS. The minimum Gasteiger partial charge on any atom is -0.349 e. The second kappa shape index (κ2) is 11.0. The molecule has 1 aliphatic rings. The summed E-state index contributed by atoms with van der Waals surface area (Å²) in [5, 5.41) is 7.33. The molecule has 1 aromatic carbocycles. The average Bonchev–Trinajstić information content (AvgIpc) is 2.58. The quantitative estimate of drug-likeness (QED) is 0.707. The number of carbonyl (C=O) groups excluding carboxylic acids is 1. The molecule has 1 aliphatic heterocycles. The first-order valence-electron chi connectivity index (χ1n) is 7.62. The summed E-state index contributed by atoms with van der Waals surface area (Å²) in [7, 11) is 0. The van der Waals surface area contributed by atoms with Gasteiger partial charge < -0.3 is 10.6 Å². The molecule has 1 fully saturated rings. The van der Waals surface area contributed by atoms with Gasteiger partial charge in [0.15, 0.2) is 0 Å². The van der Waals surface area contributed by atoms with Gasteiger partial charge in [0.1, 0.15) is 5.03 Å². The predicted molar refractivity (Wildman–Crippen MR) is 110 cm³/mol. The summed E-state index contributed by atoms with van der Waals surface area (Å²) < 4.78 is 0.943. The van der Waals surface area contributed by atoms with Crippen molar-refractivity contribution >= 4 is 58.4 Å². The van der Waals surface area contributed by atoms with Crippen molar-refractivity contribution in [2.45, 2.75) is 28.8 Å². The van der Waals surface area contributed by atoms with Crippen molar-refractivity contribution in [2.24, 2.45) is 0 Å². The lowest BCUT2D eigenvalue weighted by atomic mass is 10.1. The second-order valence-corrected chi connectivity index (χ2v) is 7.39. The van der Waals surface area contributed by atoms with E-state index in [1.165, 1.54) is 11.8 Å². The topological polar surface area (TPSA) is 54.0 Å². The Hall–Kier alpha value is -0.790. The van der Waals surface area contributed by atoms with Gasteiger partial charge in [0.2, 0.25) is 0 Å². The number of pyridine rings is 1. The van der Waals surface area contributed by atoms with E-state index in [1.54, 1.807) is 6.20 Å². The number of hydrogen-bond acceptors (Lipinski definition) is 4. The Morgan fingerprint density at radius 2 is 1.88 bits per heavy atom. The van der Waals surface area contributed by atoms with Crippen molar-refractivity contribution in [3.8, 4) is 0 Å². The van der Waals surface area contributed by atoms with E-state index in [1.807, 2.05) is 36.4 Å². The van der Waals surface area contributed by atoms with Gasteiger partial charge in [-0.3, -0.25) is 4.79 Å². The number of hydrogen-bond donors (Lipinski definition) is 2. The molecule has 136 valence electrons. The summed E-state index contributed by atoms with van der Waals surface area (Å²) in [5.74, 6) is -0.00267. The Balaban J connectivity index is 0.00000156. The average molecular weight is 465 g/mol. The van der Waals surface area contributed by atoms with Gasteiger partial charge in [-0.15, -0.1) is 24.8 Å². The zero-order chi connectivity index (χ0) is 16.1. The summed E-state index contributed by atoms with van der Waals surface area (Å²) in [6, 6.07) is 11.8. The minimum absolute atomic E-state index is 0. The number of aromatic nitrogens is 1. The molecule has 2 heterocycles. The number of nitrogens with zero attached hydrogens (tertiary/aromatic N) is 1. The molecule has 0 bridgehead atoms. The van der Waals surface area contributed by atoms with Crippen LogP contribution in [0.25, 0.3) is 0 Å². The maximum absolute atomic E-state index is 12.6. The van der Waals surface area contributed by atoms with Crippen molar-refractivity contribution in [3.05, 3.63) is 52.6 Å². The SMILES string of the molecule is Cl.Cl.O=C(NC1CCNCC1)c1ccccc1Sc1ccc(Br)cn1. The molecule has 4 nitrogen and oxygen atoms in total. The molecule has 2 N–H and O–H groups in total. The summed E-state index contributed by atoms with van der Waals surface area (Å²) in [4.78, 5) is 17.9. The number of nitrogens with one attached hydrogen (secondary N) is 2. The van der Waals surface area contributed by atoms with Crippen LogP contribution in [0.5, 0.6) is 0 Å². The number of piperidine rings is 1. The number of amides is 1. The van der Waals surface area contributed by atoms with E-state index >= 15 is 0 Å². The zero-order valence-electron chi connectivity index (χ0n) is 13.4. The molecule has 0 aliphatic carbocycles. The normalized spacial score (nSPS) is 14.1. The zero-order valence-corrected chi connectivity index (χ0v) is 17.4. The highest BCUT2D eigenvalue weighted by Gasteiger charge is 2.18. The Labute approximate surface area is 172 Å². The first-order valence-corrected chi connectivity index (χ1v) is 9.23. The number of halogens is 3. The Kier molecular flexibility index (Phi) is 9.82. The molecule has 2 aromatic rings. The first kappa shape index (κ1) is 22.3. The molecule has 0 atom stereocenters. The van der Waals surface area contributed by atoms with Gasteiger partial charge in [-0.25, -0.2) is 4.98 Å². The van der Waals surface area contributed by atoms with Crippen molar-refractivity contribution in [1.82, 2.24) is 15.6 Å². The van der Waals surface area contributed by atoms with Crippen molar-refractivity contribution in [1.29, 1.82) is 0 Å². The highest BCUT2D eigenvalue weighted by molar-refractivity contribution is 9.10. The monoisotopic (exact) mass is 463 g/mol. The van der Waals surface area contributed by atoms with E-state index in [2.05, 4.69) is 31.5 Å². The lowest BCUT2D eigenvalue weighted by Gasteiger charge is -2.24. The molecule has 0 unspecified atom stereocenters. The Bertz CT molecular complexity index is 682. The van der Waals surface area contributed by atoms with E-state index < -0.39 is 0 Å². The van der Waals surface area contributed by atoms with Gasteiger partial charge >= 0.3 is 0 Å². The number of carbonyl (C=O) groups is 1. The van der Waals surface area contributed by atoms with Crippen LogP contribution in [0.4, 0.5) is 0 Å². The number of rotatable bonds is 4. The van der Waals surface area contributed by atoms with Crippen molar-refractivity contribution in [3.63, 3.8) is 0 Å². The van der Waals surface area contributed by atoms with Crippen LogP contribution in [-0.2, 0) is 0 Å². The van der Waals surface area contributed by atoms with Crippen LogP contribution in [0.1, 0.15) is 23.2 Å².